The molecule has 0 radical (unpaired) electrons. The van der Waals surface area contributed by atoms with Crippen molar-refractivity contribution in [3.63, 3.8) is 0 Å². The molecule has 30 heavy (non-hydrogen) atoms. The van der Waals surface area contributed by atoms with Crippen molar-refractivity contribution < 1.29 is 9.30 Å². The summed E-state index contributed by atoms with van der Waals surface area (Å²) in [5.74, 6) is 2.66. The minimum absolute atomic E-state index is 0.658. The lowest BCUT2D eigenvalue weighted by atomic mass is 9.82. The average Bonchev–Trinajstić information content (AvgIpc) is 2.79. The molecule has 0 amide bonds. The van der Waals surface area contributed by atoms with Crippen LogP contribution >= 0.6 is 0 Å². The predicted molar refractivity (Wildman–Crippen MR) is 121 cm³/mol. The molecule has 1 aliphatic heterocycles. The van der Waals surface area contributed by atoms with Crippen LogP contribution in [0.25, 0.3) is 32.8 Å². The van der Waals surface area contributed by atoms with E-state index >= 15 is 0 Å². The molecule has 1 saturated carbocycles. The maximum atomic E-state index is 6.71. The minimum Gasteiger partial charge on any atom is -0.455 e. The number of aryl methyl sites for hydroxylation is 3. The number of aromatic nitrogens is 2. The third-order valence-corrected chi connectivity index (χ3v) is 7.32. The van der Waals surface area contributed by atoms with E-state index in [2.05, 4.69) is 60.9 Å². The second-order valence-corrected chi connectivity index (χ2v) is 9.07. The highest BCUT2D eigenvalue weighted by atomic mass is 16.5. The fourth-order valence-corrected chi connectivity index (χ4v) is 5.70. The molecule has 3 heterocycles. The monoisotopic (exact) mass is 395 g/mol. The Morgan fingerprint density at radius 3 is 2.67 bits per heavy atom. The molecule has 3 heteroatoms. The van der Waals surface area contributed by atoms with E-state index in [0.717, 1.165) is 11.5 Å². The van der Waals surface area contributed by atoms with Gasteiger partial charge in [-0.25, -0.2) is 4.57 Å². The zero-order valence-corrected chi connectivity index (χ0v) is 18.0. The van der Waals surface area contributed by atoms with Gasteiger partial charge in [-0.05, 0) is 66.6 Å². The van der Waals surface area contributed by atoms with E-state index in [-0.39, 0.29) is 0 Å². The molecule has 150 valence electrons. The summed E-state index contributed by atoms with van der Waals surface area (Å²) in [6, 6.07) is 9.11. The first-order valence-corrected chi connectivity index (χ1v) is 11.1. The zero-order chi connectivity index (χ0) is 20.4. The minimum atomic E-state index is 0.658. The van der Waals surface area contributed by atoms with Crippen molar-refractivity contribution in [2.45, 2.75) is 51.9 Å². The van der Waals surface area contributed by atoms with Crippen LogP contribution in [0.2, 0.25) is 0 Å². The topological polar surface area (TPSA) is 26.0 Å². The van der Waals surface area contributed by atoms with E-state index < -0.39 is 0 Å². The summed E-state index contributed by atoms with van der Waals surface area (Å²) >= 11 is 0. The van der Waals surface area contributed by atoms with Crippen LogP contribution in [-0.2, 0) is 7.05 Å². The maximum Gasteiger partial charge on any atom is 0.228 e. The molecule has 1 aliphatic carbocycles. The summed E-state index contributed by atoms with van der Waals surface area (Å²) in [4.78, 5) is 4.38. The van der Waals surface area contributed by atoms with Gasteiger partial charge in [0.25, 0.3) is 0 Å². The van der Waals surface area contributed by atoms with Gasteiger partial charge in [0, 0.05) is 29.4 Å². The number of pyridine rings is 2. The van der Waals surface area contributed by atoms with Crippen LogP contribution in [-0.4, -0.2) is 4.98 Å². The zero-order valence-electron chi connectivity index (χ0n) is 18.0. The number of rotatable bonds is 1. The Labute approximate surface area is 177 Å². The van der Waals surface area contributed by atoms with Crippen molar-refractivity contribution in [2.24, 2.45) is 7.05 Å². The van der Waals surface area contributed by atoms with Crippen molar-refractivity contribution in [1.82, 2.24) is 4.98 Å². The number of nitrogens with zero attached hydrogens (tertiary/aromatic N) is 2. The van der Waals surface area contributed by atoms with Crippen LogP contribution in [0.4, 0.5) is 0 Å². The normalized spacial score (nSPS) is 16.0. The van der Waals surface area contributed by atoms with Crippen LogP contribution in [0.15, 0.2) is 42.9 Å². The van der Waals surface area contributed by atoms with Gasteiger partial charge in [-0.15, -0.1) is 0 Å². The molecule has 0 saturated heterocycles. The number of fused-ring (bicyclic) bond motifs is 3. The van der Waals surface area contributed by atoms with Crippen molar-refractivity contribution in [1.29, 1.82) is 0 Å². The first kappa shape index (κ1) is 17.9. The van der Waals surface area contributed by atoms with Crippen molar-refractivity contribution >= 4 is 21.5 Å². The summed E-state index contributed by atoms with van der Waals surface area (Å²) in [7, 11) is 2.15. The van der Waals surface area contributed by atoms with Crippen LogP contribution in [0, 0.1) is 13.8 Å². The third kappa shape index (κ3) is 2.44. The molecular formula is C27H27N2O+. The molecular weight excluding hydrogens is 368 g/mol. The standard InChI is InChI=1S/C27H27N2O/c1-16-21-9-11-28-15-22(21)17(2)27-24(16)26-25-19(10-12-29(26)3)13-20(14-23(25)30-27)18-7-5-4-6-8-18/h9-15,18H,4-8H2,1-3H3/q+1. The Morgan fingerprint density at radius 1 is 1.00 bits per heavy atom. The van der Waals surface area contributed by atoms with Crippen LogP contribution in [0.3, 0.4) is 0 Å². The SMILES string of the molecule is Cc1c2c(c(C)c3ccncc13)-c1c3c(cc(C4CCCCC4)cc3cc[n+]1C)O2. The molecule has 2 aliphatic rings. The third-order valence-electron chi connectivity index (χ3n) is 7.32. The van der Waals surface area contributed by atoms with Crippen LogP contribution in [0.1, 0.15) is 54.7 Å². The number of hydrogen-bond acceptors (Lipinski definition) is 2. The van der Waals surface area contributed by atoms with Gasteiger partial charge in [-0.3, -0.25) is 4.98 Å². The van der Waals surface area contributed by atoms with Gasteiger partial charge in [0.1, 0.15) is 18.5 Å². The maximum absolute atomic E-state index is 6.71. The lowest BCUT2D eigenvalue weighted by molar-refractivity contribution is -0.659. The fraction of sp³-hybridized carbons (Fsp3) is 0.333. The van der Waals surface area contributed by atoms with E-state index in [1.54, 1.807) is 0 Å². The van der Waals surface area contributed by atoms with Crippen LogP contribution in [0.5, 0.6) is 11.5 Å². The second-order valence-electron chi connectivity index (χ2n) is 9.07. The van der Waals surface area contributed by atoms with Crippen molar-refractivity contribution in [2.75, 3.05) is 0 Å². The summed E-state index contributed by atoms with van der Waals surface area (Å²) in [5.41, 5.74) is 6.36. The smallest absolute Gasteiger partial charge is 0.228 e. The lowest BCUT2D eigenvalue weighted by Gasteiger charge is -2.26. The molecule has 4 aromatic rings. The highest BCUT2D eigenvalue weighted by Crippen LogP contribution is 2.51. The van der Waals surface area contributed by atoms with E-state index in [1.807, 2.05) is 12.4 Å². The highest BCUT2D eigenvalue weighted by molar-refractivity contribution is 6.06. The Kier molecular flexibility index (Phi) is 3.89. The Balaban J connectivity index is 1.68. The van der Waals surface area contributed by atoms with Gasteiger partial charge < -0.3 is 4.74 Å². The number of ether oxygens (including phenoxy) is 1. The van der Waals surface area contributed by atoms with E-state index in [0.29, 0.717) is 5.92 Å². The van der Waals surface area contributed by atoms with Gasteiger partial charge in [0.15, 0.2) is 6.20 Å². The summed E-state index contributed by atoms with van der Waals surface area (Å²) < 4.78 is 8.97. The molecule has 6 rings (SSSR count). The molecule has 0 bridgehead atoms. The van der Waals surface area contributed by atoms with Crippen molar-refractivity contribution in [3.8, 4) is 22.8 Å². The second kappa shape index (κ2) is 6.53. The van der Waals surface area contributed by atoms with Gasteiger partial charge in [0.2, 0.25) is 5.69 Å². The number of benzene rings is 2. The van der Waals surface area contributed by atoms with Gasteiger partial charge in [-0.2, -0.15) is 0 Å². The Hall–Kier alpha value is -2.94. The fourth-order valence-electron chi connectivity index (χ4n) is 5.70. The molecule has 0 N–H and O–H groups in total. The lowest BCUT2D eigenvalue weighted by Crippen LogP contribution is -2.32. The average molecular weight is 396 g/mol. The largest absolute Gasteiger partial charge is 0.455 e. The molecule has 2 aromatic carbocycles. The van der Waals surface area contributed by atoms with Crippen molar-refractivity contribution in [3.05, 3.63) is 59.5 Å². The molecule has 3 nitrogen and oxygen atoms in total. The first-order valence-electron chi connectivity index (χ1n) is 11.1. The van der Waals surface area contributed by atoms with E-state index in [4.69, 9.17) is 4.74 Å². The van der Waals surface area contributed by atoms with Gasteiger partial charge in [0.05, 0.1) is 10.9 Å². The summed E-state index contributed by atoms with van der Waals surface area (Å²) in [6.45, 7) is 4.38. The highest BCUT2D eigenvalue weighted by Gasteiger charge is 2.32. The van der Waals surface area contributed by atoms with E-state index in [9.17, 15) is 0 Å². The summed E-state index contributed by atoms with van der Waals surface area (Å²) in [6.07, 6.45) is 12.7. The predicted octanol–water partition coefficient (Wildman–Crippen LogP) is 6.65. The quantitative estimate of drug-likeness (QED) is 0.297. The Morgan fingerprint density at radius 2 is 1.83 bits per heavy atom. The molecule has 1 fully saturated rings. The first-order chi connectivity index (χ1) is 14.6. The van der Waals surface area contributed by atoms with E-state index in [1.165, 1.54) is 81.6 Å². The van der Waals surface area contributed by atoms with Gasteiger partial charge in [-0.1, -0.05) is 25.3 Å². The molecule has 2 aromatic heterocycles. The van der Waals surface area contributed by atoms with Gasteiger partial charge >= 0.3 is 0 Å². The molecule has 0 atom stereocenters. The Bertz CT molecular complexity index is 1330. The summed E-state index contributed by atoms with van der Waals surface area (Å²) in [5, 5.41) is 4.96. The molecule has 0 spiro atoms. The number of hydrogen-bond donors (Lipinski definition) is 0. The van der Waals surface area contributed by atoms with Crippen LogP contribution < -0.4 is 9.30 Å². The molecule has 0 unspecified atom stereocenters.